The minimum atomic E-state index is -3.86. The molecule has 34 heavy (non-hydrogen) atoms. The van der Waals surface area contributed by atoms with Gasteiger partial charge < -0.3 is 10.2 Å². The summed E-state index contributed by atoms with van der Waals surface area (Å²) in [5.74, 6) is -0.269. The molecule has 3 aromatic rings. The Kier molecular flexibility index (Phi) is 7.18. The molecule has 1 N–H and O–H groups in total. The van der Waals surface area contributed by atoms with Gasteiger partial charge in [0.05, 0.1) is 10.4 Å². The summed E-state index contributed by atoms with van der Waals surface area (Å²) < 4.78 is 30.2. The number of carbonyl (C=O) groups is 1. The molecule has 9 nitrogen and oxygen atoms in total. The maximum Gasteiger partial charge on any atom is 0.243 e. The van der Waals surface area contributed by atoms with Gasteiger partial charge in [0.25, 0.3) is 0 Å². The standard InChI is InChI=1S/C24H32N6O3S/c1-4-14-29-22-13-12-20(16-21(22)26-27-29)34(32,33)30-15-6-5-7-23(30)24(31)25-17-18-8-10-19(11-9-18)28(2)3/h8-13,16,23H,4-7,14-15,17H2,1-3H3,(H,25,31). The van der Waals surface area contributed by atoms with Gasteiger partial charge in [-0.25, -0.2) is 13.1 Å². The molecule has 1 saturated heterocycles. The lowest BCUT2D eigenvalue weighted by atomic mass is 10.0. The Bertz CT molecular complexity index is 1250. The third-order valence-corrected chi connectivity index (χ3v) is 8.11. The van der Waals surface area contributed by atoms with Gasteiger partial charge in [0.15, 0.2) is 0 Å². The number of nitrogens with zero attached hydrogens (tertiary/aromatic N) is 5. The Morgan fingerprint density at radius 1 is 1.15 bits per heavy atom. The molecule has 1 aromatic heterocycles. The first-order chi connectivity index (χ1) is 16.3. The monoisotopic (exact) mass is 484 g/mol. The molecule has 0 spiro atoms. The number of fused-ring (bicyclic) bond motifs is 1. The molecule has 1 unspecified atom stereocenters. The molecule has 0 bridgehead atoms. The van der Waals surface area contributed by atoms with E-state index in [0.717, 1.165) is 42.6 Å². The number of piperidine rings is 1. The van der Waals surface area contributed by atoms with Crippen molar-refractivity contribution in [2.24, 2.45) is 0 Å². The molecule has 2 heterocycles. The first-order valence-electron chi connectivity index (χ1n) is 11.7. The van der Waals surface area contributed by atoms with Crippen molar-refractivity contribution < 1.29 is 13.2 Å². The summed E-state index contributed by atoms with van der Waals surface area (Å²) in [5.41, 5.74) is 3.37. The lowest BCUT2D eigenvalue weighted by molar-refractivity contribution is -0.125. The van der Waals surface area contributed by atoms with Crippen LogP contribution in [-0.2, 0) is 27.9 Å². The van der Waals surface area contributed by atoms with Gasteiger partial charge in [-0.05, 0) is 55.2 Å². The van der Waals surface area contributed by atoms with Crippen molar-refractivity contribution >= 4 is 32.7 Å². The third kappa shape index (κ3) is 4.92. The van der Waals surface area contributed by atoms with E-state index in [1.807, 2.05) is 50.2 Å². The SMILES string of the molecule is CCCn1nnc2cc(S(=O)(=O)N3CCCCC3C(=O)NCc3ccc(N(C)C)cc3)ccc21. The second-order valence-corrected chi connectivity index (χ2v) is 10.8. The van der Waals surface area contributed by atoms with E-state index >= 15 is 0 Å². The summed E-state index contributed by atoms with van der Waals surface area (Å²) in [4.78, 5) is 15.2. The Morgan fingerprint density at radius 3 is 2.62 bits per heavy atom. The number of aryl methyl sites for hydroxylation is 1. The number of rotatable bonds is 8. The van der Waals surface area contributed by atoms with Crippen molar-refractivity contribution in [3.8, 4) is 0 Å². The van der Waals surface area contributed by atoms with E-state index in [2.05, 4.69) is 15.6 Å². The maximum atomic E-state index is 13.5. The molecule has 2 aromatic carbocycles. The van der Waals surface area contributed by atoms with E-state index in [1.54, 1.807) is 22.9 Å². The predicted molar refractivity (Wildman–Crippen MR) is 132 cm³/mol. The Morgan fingerprint density at radius 2 is 1.91 bits per heavy atom. The molecule has 0 aliphatic carbocycles. The van der Waals surface area contributed by atoms with Gasteiger partial charge in [-0.1, -0.05) is 30.7 Å². The quantitative estimate of drug-likeness (QED) is 0.528. The minimum absolute atomic E-state index is 0.141. The van der Waals surface area contributed by atoms with E-state index in [1.165, 1.54) is 4.31 Å². The number of carbonyl (C=O) groups excluding carboxylic acids is 1. The van der Waals surface area contributed by atoms with Gasteiger partial charge in [-0.2, -0.15) is 4.31 Å². The topological polar surface area (TPSA) is 100 Å². The van der Waals surface area contributed by atoms with Crippen LogP contribution in [0.4, 0.5) is 5.69 Å². The first-order valence-corrected chi connectivity index (χ1v) is 13.1. The lowest BCUT2D eigenvalue weighted by Crippen LogP contribution is -2.51. The van der Waals surface area contributed by atoms with Crippen LogP contribution in [0.5, 0.6) is 0 Å². The molecule has 1 amide bonds. The maximum absolute atomic E-state index is 13.5. The van der Waals surface area contributed by atoms with Crippen LogP contribution in [0.2, 0.25) is 0 Å². The van der Waals surface area contributed by atoms with E-state index in [-0.39, 0.29) is 10.8 Å². The Hall–Kier alpha value is -2.98. The molecule has 1 aliphatic rings. The van der Waals surface area contributed by atoms with Crippen LogP contribution in [0, 0.1) is 0 Å². The number of benzene rings is 2. The van der Waals surface area contributed by atoms with E-state index in [9.17, 15) is 13.2 Å². The van der Waals surface area contributed by atoms with Crippen molar-refractivity contribution in [1.29, 1.82) is 0 Å². The van der Waals surface area contributed by atoms with Crippen molar-refractivity contribution in [2.45, 2.75) is 56.6 Å². The van der Waals surface area contributed by atoms with Crippen LogP contribution in [0.25, 0.3) is 11.0 Å². The smallest absolute Gasteiger partial charge is 0.243 e. The summed E-state index contributed by atoms with van der Waals surface area (Å²) in [5, 5.41) is 11.2. The summed E-state index contributed by atoms with van der Waals surface area (Å²) >= 11 is 0. The zero-order chi connectivity index (χ0) is 24.3. The zero-order valence-electron chi connectivity index (χ0n) is 19.9. The predicted octanol–water partition coefficient (Wildman–Crippen LogP) is 2.77. The Labute approximate surface area is 200 Å². The summed E-state index contributed by atoms with van der Waals surface area (Å²) in [6.45, 7) is 3.43. The second kappa shape index (κ2) is 10.1. The molecule has 1 aliphatic heterocycles. The van der Waals surface area contributed by atoms with Crippen LogP contribution >= 0.6 is 0 Å². The molecule has 182 valence electrons. The molecule has 1 fully saturated rings. The molecular weight excluding hydrogens is 452 g/mol. The molecule has 0 saturated carbocycles. The number of anilines is 1. The minimum Gasteiger partial charge on any atom is -0.378 e. The van der Waals surface area contributed by atoms with Gasteiger partial charge in [-0.3, -0.25) is 4.79 Å². The fourth-order valence-electron chi connectivity index (χ4n) is 4.30. The van der Waals surface area contributed by atoms with Crippen molar-refractivity contribution in [1.82, 2.24) is 24.6 Å². The Balaban J connectivity index is 1.51. The molecule has 0 radical (unpaired) electrons. The van der Waals surface area contributed by atoms with Crippen LogP contribution in [-0.4, -0.2) is 60.3 Å². The fraction of sp³-hybridized carbons (Fsp3) is 0.458. The van der Waals surface area contributed by atoms with Gasteiger partial charge in [-0.15, -0.1) is 5.10 Å². The largest absolute Gasteiger partial charge is 0.378 e. The molecule has 1 atom stereocenters. The zero-order valence-corrected chi connectivity index (χ0v) is 20.8. The number of amides is 1. The van der Waals surface area contributed by atoms with Gasteiger partial charge in [0.2, 0.25) is 15.9 Å². The van der Waals surface area contributed by atoms with Crippen LogP contribution in [0.3, 0.4) is 0 Å². The molecular formula is C24H32N6O3S. The van der Waals surface area contributed by atoms with Crippen molar-refractivity contribution in [2.75, 3.05) is 25.5 Å². The van der Waals surface area contributed by atoms with Crippen molar-refractivity contribution in [3.05, 3.63) is 48.0 Å². The highest BCUT2D eigenvalue weighted by atomic mass is 32.2. The number of sulfonamides is 1. The van der Waals surface area contributed by atoms with Crippen LogP contribution in [0.15, 0.2) is 47.4 Å². The third-order valence-electron chi connectivity index (χ3n) is 6.20. The number of hydrogen-bond donors (Lipinski definition) is 1. The summed E-state index contributed by atoms with van der Waals surface area (Å²) in [6, 6.07) is 12.1. The highest BCUT2D eigenvalue weighted by Gasteiger charge is 2.37. The highest BCUT2D eigenvalue weighted by molar-refractivity contribution is 7.89. The van der Waals surface area contributed by atoms with E-state index in [4.69, 9.17) is 0 Å². The fourth-order valence-corrected chi connectivity index (χ4v) is 5.98. The summed E-state index contributed by atoms with van der Waals surface area (Å²) in [7, 11) is 0.0855. The average Bonchev–Trinajstić information content (AvgIpc) is 3.25. The van der Waals surface area contributed by atoms with Crippen LogP contribution < -0.4 is 10.2 Å². The van der Waals surface area contributed by atoms with Crippen molar-refractivity contribution in [3.63, 3.8) is 0 Å². The second-order valence-electron chi connectivity index (χ2n) is 8.87. The van der Waals surface area contributed by atoms with Gasteiger partial charge in [0, 0.05) is 39.4 Å². The van der Waals surface area contributed by atoms with Gasteiger partial charge >= 0.3 is 0 Å². The van der Waals surface area contributed by atoms with E-state index < -0.39 is 16.1 Å². The average molecular weight is 485 g/mol. The number of nitrogens with one attached hydrogen (secondary N) is 1. The highest BCUT2D eigenvalue weighted by Crippen LogP contribution is 2.27. The lowest BCUT2D eigenvalue weighted by Gasteiger charge is -2.33. The molecule has 10 heteroatoms. The normalized spacial score (nSPS) is 17.1. The first kappa shape index (κ1) is 24.2. The summed E-state index contributed by atoms with van der Waals surface area (Å²) in [6.07, 6.45) is 2.94. The molecule has 4 rings (SSSR count). The van der Waals surface area contributed by atoms with E-state index in [0.29, 0.717) is 25.0 Å². The number of aromatic nitrogens is 3. The number of hydrogen-bond acceptors (Lipinski definition) is 6. The van der Waals surface area contributed by atoms with Crippen LogP contribution in [0.1, 0.15) is 38.2 Å². The van der Waals surface area contributed by atoms with Gasteiger partial charge in [0.1, 0.15) is 11.6 Å².